The van der Waals surface area contributed by atoms with E-state index >= 15 is 0 Å². The van der Waals surface area contributed by atoms with E-state index in [9.17, 15) is 4.79 Å². The number of para-hydroxylation sites is 1. The van der Waals surface area contributed by atoms with Crippen LogP contribution in [0, 0.1) is 0 Å². The zero-order chi connectivity index (χ0) is 16.4. The van der Waals surface area contributed by atoms with Crippen molar-refractivity contribution in [3.05, 3.63) is 66.5 Å². The van der Waals surface area contributed by atoms with E-state index in [1.807, 2.05) is 48.5 Å². The molecule has 5 nitrogen and oxygen atoms in total. The number of ether oxygens (including phenoxy) is 1. The van der Waals surface area contributed by atoms with E-state index in [1.54, 1.807) is 12.4 Å². The number of aromatic nitrogens is 1. The summed E-state index contributed by atoms with van der Waals surface area (Å²) in [4.78, 5) is 16.6. The minimum absolute atomic E-state index is 0.0495. The quantitative estimate of drug-likeness (QED) is 0.753. The van der Waals surface area contributed by atoms with E-state index in [0.717, 1.165) is 34.2 Å². The van der Waals surface area contributed by atoms with Crippen LogP contribution in [0.5, 0.6) is 5.75 Å². The van der Waals surface area contributed by atoms with Crippen LogP contribution in [0.4, 0.5) is 10.5 Å². The van der Waals surface area contributed by atoms with Crippen molar-refractivity contribution < 1.29 is 9.53 Å². The van der Waals surface area contributed by atoms with Crippen molar-refractivity contribution in [1.29, 1.82) is 0 Å². The number of hydrogen-bond acceptors (Lipinski definition) is 3. The highest BCUT2D eigenvalue weighted by molar-refractivity contribution is 6.01. The molecule has 2 aromatic carbocycles. The fourth-order valence-electron chi connectivity index (χ4n) is 3.04. The first-order valence-electron chi connectivity index (χ1n) is 7.93. The lowest BCUT2D eigenvalue weighted by atomic mass is 10.0. The number of fused-ring (bicyclic) bond motifs is 2. The third-order valence-corrected chi connectivity index (χ3v) is 4.19. The van der Waals surface area contributed by atoms with Crippen molar-refractivity contribution in [3.8, 4) is 5.75 Å². The molecule has 1 aliphatic heterocycles. The van der Waals surface area contributed by atoms with Crippen LogP contribution in [-0.2, 0) is 0 Å². The molecule has 1 aromatic heterocycles. The van der Waals surface area contributed by atoms with Gasteiger partial charge in [-0.25, -0.2) is 4.79 Å². The summed E-state index contributed by atoms with van der Waals surface area (Å²) in [6.07, 6.45) is 4.26. The first-order chi connectivity index (χ1) is 11.8. The Hall–Kier alpha value is -3.08. The number of nitrogens with one attached hydrogen (secondary N) is 2. The van der Waals surface area contributed by atoms with Crippen molar-refractivity contribution in [2.24, 2.45) is 0 Å². The number of nitrogens with zero attached hydrogens (tertiary/aromatic N) is 1. The van der Waals surface area contributed by atoms with Crippen LogP contribution in [0.1, 0.15) is 18.0 Å². The Balaban J connectivity index is 1.53. The van der Waals surface area contributed by atoms with Gasteiger partial charge in [0.2, 0.25) is 0 Å². The van der Waals surface area contributed by atoms with Crippen LogP contribution >= 0.6 is 0 Å². The molecule has 2 amide bonds. The van der Waals surface area contributed by atoms with Crippen LogP contribution in [-0.4, -0.2) is 17.6 Å². The van der Waals surface area contributed by atoms with Gasteiger partial charge in [0.05, 0.1) is 18.3 Å². The maximum absolute atomic E-state index is 12.5. The Labute approximate surface area is 139 Å². The van der Waals surface area contributed by atoms with Crippen molar-refractivity contribution in [2.75, 3.05) is 11.9 Å². The number of anilines is 1. The van der Waals surface area contributed by atoms with E-state index in [0.29, 0.717) is 6.61 Å². The van der Waals surface area contributed by atoms with Crippen LogP contribution in [0.15, 0.2) is 60.9 Å². The predicted octanol–water partition coefficient (Wildman–Crippen LogP) is 3.88. The largest absolute Gasteiger partial charge is 0.493 e. The van der Waals surface area contributed by atoms with Gasteiger partial charge in [0.15, 0.2) is 0 Å². The van der Waals surface area contributed by atoms with Gasteiger partial charge in [-0.3, -0.25) is 4.98 Å². The zero-order valence-corrected chi connectivity index (χ0v) is 13.0. The topological polar surface area (TPSA) is 63.2 Å². The van der Waals surface area contributed by atoms with Crippen LogP contribution in [0.2, 0.25) is 0 Å². The summed E-state index contributed by atoms with van der Waals surface area (Å²) in [5.41, 5.74) is 1.79. The Morgan fingerprint density at radius 3 is 3.00 bits per heavy atom. The highest BCUT2D eigenvalue weighted by Gasteiger charge is 2.22. The molecule has 3 aromatic rings. The van der Waals surface area contributed by atoms with Gasteiger partial charge in [0.1, 0.15) is 5.75 Å². The Morgan fingerprint density at radius 2 is 2.04 bits per heavy atom. The minimum Gasteiger partial charge on any atom is -0.493 e. The van der Waals surface area contributed by atoms with E-state index in [2.05, 4.69) is 15.6 Å². The first kappa shape index (κ1) is 14.5. The van der Waals surface area contributed by atoms with Crippen molar-refractivity contribution in [2.45, 2.75) is 12.5 Å². The first-order valence-corrected chi connectivity index (χ1v) is 7.93. The molecule has 24 heavy (non-hydrogen) atoms. The summed E-state index contributed by atoms with van der Waals surface area (Å²) >= 11 is 0. The molecule has 5 heteroatoms. The Bertz CT molecular complexity index is 889. The summed E-state index contributed by atoms with van der Waals surface area (Å²) in [5.74, 6) is 0.838. The summed E-state index contributed by atoms with van der Waals surface area (Å²) in [6, 6.07) is 15.2. The van der Waals surface area contributed by atoms with Crippen molar-refractivity contribution in [3.63, 3.8) is 0 Å². The summed E-state index contributed by atoms with van der Waals surface area (Å²) in [6.45, 7) is 0.599. The standard InChI is InChI=1S/C19H17N3O2/c23-19(21-16-6-3-4-13-12-20-10-8-14(13)16)22-17-9-11-24-18-7-2-1-5-15(17)18/h1-8,10,12,17H,9,11H2,(H2,21,22,23). The molecule has 0 aliphatic carbocycles. The van der Waals surface area contributed by atoms with Gasteiger partial charge in [-0.05, 0) is 18.2 Å². The summed E-state index contributed by atoms with van der Waals surface area (Å²) in [5, 5.41) is 7.95. The SMILES string of the molecule is O=C(Nc1cccc2cnccc12)NC1CCOc2ccccc21. The monoisotopic (exact) mass is 319 g/mol. The maximum atomic E-state index is 12.5. The third-order valence-electron chi connectivity index (χ3n) is 4.19. The molecule has 1 unspecified atom stereocenters. The van der Waals surface area contributed by atoms with Gasteiger partial charge in [-0.2, -0.15) is 0 Å². The second kappa shape index (κ2) is 6.20. The maximum Gasteiger partial charge on any atom is 0.319 e. The summed E-state index contributed by atoms with van der Waals surface area (Å²) in [7, 11) is 0. The van der Waals surface area contributed by atoms with Gasteiger partial charge in [0.25, 0.3) is 0 Å². The molecule has 0 saturated heterocycles. The highest BCUT2D eigenvalue weighted by atomic mass is 16.5. The number of urea groups is 1. The predicted molar refractivity (Wildman–Crippen MR) is 93.2 cm³/mol. The number of amides is 2. The summed E-state index contributed by atoms with van der Waals surface area (Å²) < 4.78 is 5.63. The van der Waals surface area contributed by atoms with Crippen LogP contribution in [0.25, 0.3) is 10.8 Å². The zero-order valence-electron chi connectivity index (χ0n) is 13.0. The van der Waals surface area contributed by atoms with Gasteiger partial charge >= 0.3 is 6.03 Å². The molecule has 0 fully saturated rings. The molecular weight excluding hydrogens is 302 g/mol. The Kier molecular flexibility index (Phi) is 3.75. The van der Waals surface area contributed by atoms with E-state index in [-0.39, 0.29) is 12.1 Å². The number of carbonyl (C=O) groups is 1. The third kappa shape index (κ3) is 2.76. The molecule has 4 rings (SSSR count). The molecule has 2 heterocycles. The van der Waals surface area contributed by atoms with Crippen molar-refractivity contribution >= 4 is 22.5 Å². The average Bonchev–Trinajstić information content (AvgIpc) is 2.62. The second-order valence-corrected chi connectivity index (χ2v) is 5.73. The van der Waals surface area contributed by atoms with Gasteiger partial charge in [-0.15, -0.1) is 0 Å². The van der Waals surface area contributed by atoms with Crippen LogP contribution < -0.4 is 15.4 Å². The fraction of sp³-hybridized carbons (Fsp3) is 0.158. The van der Waals surface area contributed by atoms with E-state index < -0.39 is 0 Å². The smallest absolute Gasteiger partial charge is 0.319 e. The Morgan fingerprint density at radius 1 is 1.12 bits per heavy atom. The van der Waals surface area contributed by atoms with Crippen LogP contribution in [0.3, 0.4) is 0 Å². The lowest BCUT2D eigenvalue weighted by Crippen LogP contribution is -2.35. The molecule has 1 aliphatic rings. The van der Waals surface area contributed by atoms with Gasteiger partial charge in [0, 0.05) is 35.2 Å². The van der Waals surface area contributed by atoms with Crippen molar-refractivity contribution in [1.82, 2.24) is 10.3 Å². The molecule has 120 valence electrons. The number of pyridine rings is 1. The lowest BCUT2D eigenvalue weighted by Gasteiger charge is -2.26. The van der Waals surface area contributed by atoms with E-state index in [1.165, 1.54) is 0 Å². The molecule has 0 spiro atoms. The van der Waals surface area contributed by atoms with Gasteiger partial charge in [-0.1, -0.05) is 30.3 Å². The molecule has 1 atom stereocenters. The number of rotatable bonds is 2. The average molecular weight is 319 g/mol. The molecule has 0 saturated carbocycles. The number of benzene rings is 2. The van der Waals surface area contributed by atoms with E-state index in [4.69, 9.17) is 4.74 Å². The minimum atomic E-state index is -0.221. The molecule has 0 bridgehead atoms. The molecule has 2 N–H and O–H groups in total. The number of carbonyl (C=O) groups excluding carboxylic acids is 1. The number of hydrogen-bond donors (Lipinski definition) is 2. The molecule has 0 radical (unpaired) electrons. The molecular formula is C19H17N3O2. The fourth-order valence-corrected chi connectivity index (χ4v) is 3.04. The normalized spacial score (nSPS) is 16.1. The highest BCUT2D eigenvalue weighted by Crippen LogP contribution is 2.31. The second-order valence-electron chi connectivity index (χ2n) is 5.73. The van der Waals surface area contributed by atoms with Gasteiger partial charge < -0.3 is 15.4 Å². The lowest BCUT2D eigenvalue weighted by molar-refractivity contribution is 0.232.